The van der Waals surface area contributed by atoms with Crippen molar-refractivity contribution in [2.24, 2.45) is 0 Å². The number of thioether (sulfide) groups is 1. The van der Waals surface area contributed by atoms with E-state index in [2.05, 4.69) is 4.90 Å². The molecule has 1 aromatic carbocycles. The first-order valence-electron chi connectivity index (χ1n) is 8.88. The van der Waals surface area contributed by atoms with Gasteiger partial charge in [-0.15, -0.1) is 0 Å². The molecule has 4 rings (SSSR count). The van der Waals surface area contributed by atoms with E-state index in [-0.39, 0.29) is 11.9 Å². The second-order valence-corrected chi connectivity index (χ2v) is 8.09. The molecule has 1 aromatic heterocycles. The summed E-state index contributed by atoms with van der Waals surface area (Å²) in [5, 5.41) is 0. The summed E-state index contributed by atoms with van der Waals surface area (Å²) < 4.78 is 11.9. The zero-order chi connectivity index (χ0) is 18.8. The molecule has 1 amide bonds. The smallest absolute Gasteiger partial charge is 0.266 e. The highest BCUT2D eigenvalue weighted by molar-refractivity contribution is 8.26. The van der Waals surface area contributed by atoms with E-state index in [0.717, 1.165) is 24.5 Å². The van der Waals surface area contributed by atoms with Gasteiger partial charge >= 0.3 is 0 Å². The van der Waals surface area contributed by atoms with Crippen molar-refractivity contribution in [3.63, 3.8) is 0 Å². The first-order chi connectivity index (χ1) is 13.1. The fourth-order valence-electron chi connectivity index (χ4n) is 3.20. The van der Waals surface area contributed by atoms with Crippen molar-refractivity contribution in [2.75, 3.05) is 31.2 Å². The van der Waals surface area contributed by atoms with Gasteiger partial charge in [0.15, 0.2) is 5.88 Å². The molecule has 2 aliphatic heterocycles. The molecule has 0 radical (unpaired) electrons. The number of morpholine rings is 1. The van der Waals surface area contributed by atoms with Crippen LogP contribution >= 0.6 is 24.0 Å². The number of benzene rings is 1. The van der Waals surface area contributed by atoms with Crippen LogP contribution in [-0.4, -0.2) is 41.4 Å². The molecule has 27 heavy (non-hydrogen) atoms. The zero-order valence-corrected chi connectivity index (χ0v) is 16.6. The van der Waals surface area contributed by atoms with Crippen LogP contribution in [-0.2, 0) is 9.53 Å². The Labute approximate surface area is 168 Å². The van der Waals surface area contributed by atoms with Crippen LogP contribution in [0.1, 0.15) is 24.3 Å². The number of amides is 1. The molecular formula is C20H20N2O3S2. The van der Waals surface area contributed by atoms with E-state index in [1.165, 1.54) is 11.8 Å². The molecule has 1 unspecified atom stereocenters. The van der Waals surface area contributed by atoms with Gasteiger partial charge in [0.1, 0.15) is 10.1 Å². The molecule has 0 bridgehead atoms. The fraction of sp³-hybridized carbons (Fsp3) is 0.300. The van der Waals surface area contributed by atoms with Gasteiger partial charge in [-0.25, -0.2) is 0 Å². The molecule has 1 atom stereocenters. The van der Waals surface area contributed by atoms with Crippen molar-refractivity contribution >= 4 is 46.2 Å². The molecule has 0 N–H and O–H groups in total. The molecule has 2 saturated heterocycles. The minimum Gasteiger partial charge on any atom is -0.441 e. The lowest BCUT2D eigenvalue weighted by Crippen LogP contribution is -2.35. The Morgan fingerprint density at radius 3 is 2.63 bits per heavy atom. The van der Waals surface area contributed by atoms with Gasteiger partial charge in [0.05, 0.1) is 24.2 Å². The van der Waals surface area contributed by atoms with Gasteiger partial charge in [0, 0.05) is 25.2 Å². The maximum Gasteiger partial charge on any atom is 0.266 e. The summed E-state index contributed by atoms with van der Waals surface area (Å²) in [7, 11) is 0. The fourth-order valence-corrected chi connectivity index (χ4v) is 4.60. The summed E-state index contributed by atoms with van der Waals surface area (Å²) in [6, 6.07) is 13.6. The quantitative estimate of drug-likeness (QED) is 0.569. The van der Waals surface area contributed by atoms with Crippen LogP contribution in [0.3, 0.4) is 0 Å². The van der Waals surface area contributed by atoms with Gasteiger partial charge in [-0.1, -0.05) is 54.3 Å². The summed E-state index contributed by atoms with van der Waals surface area (Å²) in [6.45, 7) is 5.01. The van der Waals surface area contributed by atoms with Crippen LogP contribution in [0.25, 0.3) is 6.08 Å². The lowest BCUT2D eigenvalue weighted by atomic mass is 10.1. The van der Waals surface area contributed by atoms with Gasteiger partial charge in [-0.3, -0.25) is 9.69 Å². The Bertz CT molecular complexity index is 872. The van der Waals surface area contributed by atoms with Gasteiger partial charge in [-0.2, -0.15) is 0 Å². The van der Waals surface area contributed by atoms with Crippen LogP contribution in [0.15, 0.2) is 51.8 Å². The summed E-state index contributed by atoms with van der Waals surface area (Å²) >= 11 is 6.79. The van der Waals surface area contributed by atoms with Crippen LogP contribution in [0.4, 0.5) is 5.88 Å². The van der Waals surface area contributed by atoms with Crippen molar-refractivity contribution in [1.82, 2.24) is 4.90 Å². The van der Waals surface area contributed by atoms with Gasteiger partial charge in [0.25, 0.3) is 5.91 Å². The molecule has 7 heteroatoms. The third-order valence-corrected chi connectivity index (χ3v) is 6.03. The Morgan fingerprint density at radius 1 is 1.15 bits per heavy atom. The number of carbonyl (C=O) groups is 1. The highest BCUT2D eigenvalue weighted by Gasteiger charge is 2.36. The number of nitrogens with zero attached hydrogens (tertiary/aromatic N) is 2. The molecule has 5 nitrogen and oxygen atoms in total. The van der Waals surface area contributed by atoms with Crippen molar-refractivity contribution in [3.8, 4) is 0 Å². The van der Waals surface area contributed by atoms with E-state index in [0.29, 0.717) is 28.2 Å². The van der Waals surface area contributed by atoms with Gasteiger partial charge in [0.2, 0.25) is 0 Å². The second kappa shape index (κ2) is 7.88. The van der Waals surface area contributed by atoms with E-state index in [9.17, 15) is 4.79 Å². The van der Waals surface area contributed by atoms with Crippen LogP contribution < -0.4 is 4.90 Å². The van der Waals surface area contributed by atoms with Gasteiger partial charge < -0.3 is 14.1 Å². The molecular weight excluding hydrogens is 380 g/mol. The lowest BCUT2D eigenvalue weighted by molar-refractivity contribution is -0.123. The Balaban J connectivity index is 1.52. The molecule has 140 valence electrons. The Morgan fingerprint density at radius 2 is 1.89 bits per heavy atom. The minimum atomic E-state index is -0.106. The van der Waals surface area contributed by atoms with Gasteiger partial charge in [-0.05, 0) is 18.6 Å². The molecule has 0 spiro atoms. The van der Waals surface area contributed by atoms with Crippen molar-refractivity contribution in [1.29, 1.82) is 0 Å². The van der Waals surface area contributed by atoms with Crippen LogP contribution in [0.2, 0.25) is 0 Å². The number of anilines is 1. The Hall–Kier alpha value is -2.09. The van der Waals surface area contributed by atoms with E-state index in [1.807, 2.05) is 49.4 Å². The number of ether oxygens (including phenoxy) is 1. The zero-order valence-electron chi connectivity index (χ0n) is 15.0. The maximum absolute atomic E-state index is 12.9. The number of thiocarbonyl (C=S) groups is 1. The molecule has 2 aliphatic rings. The maximum atomic E-state index is 12.9. The van der Waals surface area contributed by atoms with Crippen molar-refractivity contribution in [3.05, 3.63) is 58.7 Å². The molecule has 0 saturated carbocycles. The summed E-state index contributed by atoms with van der Waals surface area (Å²) in [4.78, 5) is 17.3. The van der Waals surface area contributed by atoms with Crippen molar-refractivity contribution < 1.29 is 13.9 Å². The number of carbonyl (C=O) groups excluding carboxylic acids is 1. The largest absolute Gasteiger partial charge is 0.441 e. The first-order valence-corrected chi connectivity index (χ1v) is 10.1. The van der Waals surface area contributed by atoms with E-state index < -0.39 is 0 Å². The SMILES string of the molecule is CC(c1ccccc1)N1C(=O)/C(=C/c2ccc(N3CCOCC3)o2)SC1=S. The summed E-state index contributed by atoms with van der Waals surface area (Å²) in [6.07, 6.45) is 1.78. The third kappa shape index (κ3) is 3.81. The molecule has 3 heterocycles. The monoisotopic (exact) mass is 400 g/mol. The van der Waals surface area contributed by atoms with E-state index in [1.54, 1.807) is 11.0 Å². The Kier molecular flexibility index (Phi) is 5.33. The highest BCUT2D eigenvalue weighted by Crippen LogP contribution is 2.38. The van der Waals surface area contributed by atoms with Crippen molar-refractivity contribution in [2.45, 2.75) is 13.0 Å². The van der Waals surface area contributed by atoms with Crippen LogP contribution in [0, 0.1) is 0 Å². The summed E-state index contributed by atoms with van der Waals surface area (Å²) in [5.74, 6) is 1.38. The average Bonchev–Trinajstić information content (AvgIpc) is 3.27. The third-order valence-electron chi connectivity index (χ3n) is 4.70. The molecule has 2 aromatic rings. The second-order valence-electron chi connectivity index (χ2n) is 6.41. The molecule has 2 fully saturated rings. The lowest BCUT2D eigenvalue weighted by Gasteiger charge is -2.26. The summed E-state index contributed by atoms with van der Waals surface area (Å²) in [5.41, 5.74) is 1.06. The standard InChI is InChI=1S/C20H20N2O3S2/c1-14(15-5-3-2-4-6-15)22-19(23)17(27-20(22)26)13-16-7-8-18(25-16)21-9-11-24-12-10-21/h2-8,13-14H,9-12H2,1H3/b17-13-. The highest BCUT2D eigenvalue weighted by atomic mass is 32.2. The number of hydrogen-bond donors (Lipinski definition) is 0. The predicted molar refractivity (Wildman–Crippen MR) is 112 cm³/mol. The number of furan rings is 1. The molecule has 0 aliphatic carbocycles. The van der Waals surface area contributed by atoms with Crippen LogP contribution in [0.5, 0.6) is 0 Å². The topological polar surface area (TPSA) is 45.9 Å². The number of rotatable bonds is 4. The number of hydrogen-bond acceptors (Lipinski definition) is 6. The average molecular weight is 401 g/mol. The first kappa shape index (κ1) is 18.3. The minimum absolute atomic E-state index is 0.0781. The predicted octanol–water partition coefficient (Wildman–Crippen LogP) is 4.08. The normalized spacial score (nSPS) is 20.6. The van der Waals surface area contributed by atoms with E-state index >= 15 is 0 Å². The van der Waals surface area contributed by atoms with E-state index in [4.69, 9.17) is 21.4 Å².